The van der Waals surface area contributed by atoms with Crippen LogP contribution in [0.3, 0.4) is 0 Å². The number of carbonyl (C=O) groups is 1. The molecule has 0 saturated carbocycles. The van der Waals surface area contributed by atoms with Gasteiger partial charge in [-0.2, -0.15) is 0 Å². The van der Waals surface area contributed by atoms with E-state index in [9.17, 15) is 9.18 Å². The number of hydrogen-bond acceptors (Lipinski definition) is 3. The SMILES string of the molecule is C[C@H]([NH2+]Cc1ccc2c(c1)OCO2)C(=O)Nc1ccc(F)cc1Cl. The van der Waals surface area contributed by atoms with Crippen molar-refractivity contribution in [1.82, 2.24) is 0 Å². The molecule has 1 aliphatic rings. The van der Waals surface area contributed by atoms with Crippen molar-refractivity contribution in [3.05, 3.63) is 52.8 Å². The Labute approximate surface area is 143 Å². The molecular formula is C17H17ClFN2O3+. The molecule has 0 bridgehead atoms. The average molecular weight is 352 g/mol. The number of quaternary nitrogens is 1. The van der Waals surface area contributed by atoms with Crippen LogP contribution in [-0.4, -0.2) is 18.7 Å². The topological polar surface area (TPSA) is 64.2 Å². The van der Waals surface area contributed by atoms with Gasteiger partial charge in [0.1, 0.15) is 12.4 Å². The minimum absolute atomic E-state index is 0.173. The molecule has 0 unspecified atom stereocenters. The van der Waals surface area contributed by atoms with Crippen molar-refractivity contribution in [3.8, 4) is 11.5 Å². The standard InChI is InChI=1S/C17H16ClFN2O3/c1-10(17(22)21-14-4-3-12(19)7-13(14)18)20-8-11-2-5-15-16(6-11)24-9-23-15/h2-7,10,20H,8-9H2,1H3,(H,21,22)/p+1/t10-/m0/s1. The van der Waals surface area contributed by atoms with E-state index < -0.39 is 5.82 Å². The quantitative estimate of drug-likeness (QED) is 0.868. The first-order valence-corrected chi connectivity index (χ1v) is 7.88. The average Bonchev–Trinajstić information content (AvgIpc) is 3.02. The maximum Gasteiger partial charge on any atom is 0.282 e. The largest absolute Gasteiger partial charge is 0.454 e. The zero-order chi connectivity index (χ0) is 17.1. The molecule has 5 nitrogen and oxygen atoms in total. The number of carbonyl (C=O) groups excluding carboxylic acids is 1. The molecule has 0 fully saturated rings. The van der Waals surface area contributed by atoms with Crippen molar-refractivity contribution >= 4 is 23.2 Å². The summed E-state index contributed by atoms with van der Waals surface area (Å²) in [5.74, 6) is 0.802. The Hall–Kier alpha value is -2.31. The number of fused-ring (bicyclic) bond motifs is 1. The smallest absolute Gasteiger partial charge is 0.282 e. The lowest BCUT2D eigenvalue weighted by molar-refractivity contribution is -0.688. The minimum atomic E-state index is -0.444. The highest BCUT2D eigenvalue weighted by molar-refractivity contribution is 6.33. The molecule has 0 aromatic heterocycles. The Morgan fingerprint density at radius 1 is 1.29 bits per heavy atom. The number of amides is 1. The second-order valence-electron chi connectivity index (χ2n) is 5.53. The number of halogens is 2. The highest BCUT2D eigenvalue weighted by Gasteiger charge is 2.19. The molecular weight excluding hydrogens is 335 g/mol. The summed E-state index contributed by atoms with van der Waals surface area (Å²) in [5, 5.41) is 4.77. The van der Waals surface area contributed by atoms with Crippen molar-refractivity contribution in [2.75, 3.05) is 12.1 Å². The van der Waals surface area contributed by atoms with Crippen LogP contribution in [0.5, 0.6) is 11.5 Å². The Balaban J connectivity index is 1.56. The van der Waals surface area contributed by atoms with Gasteiger partial charge in [0.05, 0.1) is 10.7 Å². The third-order valence-electron chi connectivity index (χ3n) is 3.75. The summed E-state index contributed by atoms with van der Waals surface area (Å²) in [6.07, 6.45) is 0. The summed E-state index contributed by atoms with van der Waals surface area (Å²) in [4.78, 5) is 12.2. The molecule has 126 valence electrons. The number of anilines is 1. The van der Waals surface area contributed by atoms with Crippen molar-refractivity contribution in [2.24, 2.45) is 0 Å². The first-order valence-electron chi connectivity index (χ1n) is 7.50. The molecule has 1 aliphatic heterocycles. The van der Waals surface area contributed by atoms with E-state index in [1.54, 1.807) is 6.92 Å². The number of ether oxygens (including phenoxy) is 2. The van der Waals surface area contributed by atoms with Crippen LogP contribution in [0.15, 0.2) is 36.4 Å². The van der Waals surface area contributed by atoms with Crippen LogP contribution in [0.1, 0.15) is 12.5 Å². The lowest BCUT2D eigenvalue weighted by Gasteiger charge is -2.12. The minimum Gasteiger partial charge on any atom is -0.454 e. The Morgan fingerprint density at radius 2 is 2.08 bits per heavy atom. The van der Waals surface area contributed by atoms with Gasteiger partial charge in [-0.25, -0.2) is 4.39 Å². The lowest BCUT2D eigenvalue weighted by Crippen LogP contribution is -2.90. The number of nitrogens with two attached hydrogens (primary N) is 1. The second-order valence-corrected chi connectivity index (χ2v) is 5.94. The molecule has 0 spiro atoms. The normalized spacial score (nSPS) is 13.6. The van der Waals surface area contributed by atoms with E-state index in [-0.39, 0.29) is 23.8 Å². The van der Waals surface area contributed by atoms with Gasteiger partial charge in [0, 0.05) is 5.56 Å². The summed E-state index contributed by atoms with van der Waals surface area (Å²) in [6.45, 7) is 2.64. The number of nitrogens with one attached hydrogen (secondary N) is 1. The highest BCUT2D eigenvalue weighted by Crippen LogP contribution is 2.32. The van der Waals surface area contributed by atoms with Crippen LogP contribution in [0.4, 0.5) is 10.1 Å². The molecule has 24 heavy (non-hydrogen) atoms. The fourth-order valence-corrected chi connectivity index (χ4v) is 2.54. The third-order valence-corrected chi connectivity index (χ3v) is 4.06. The Bertz CT molecular complexity index is 769. The van der Waals surface area contributed by atoms with Crippen molar-refractivity contribution in [2.45, 2.75) is 19.5 Å². The number of rotatable bonds is 5. The molecule has 3 N–H and O–H groups in total. The lowest BCUT2D eigenvalue weighted by atomic mass is 10.2. The summed E-state index contributed by atoms with van der Waals surface area (Å²) < 4.78 is 23.6. The van der Waals surface area contributed by atoms with E-state index in [0.717, 1.165) is 23.1 Å². The van der Waals surface area contributed by atoms with Gasteiger partial charge >= 0.3 is 0 Å². The van der Waals surface area contributed by atoms with Crippen LogP contribution in [0.25, 0.3) is 0 Å². The molecule has 3 rings (SSSR count). The first kappa shape index (κ1) is 16.5. The van der Waals surface area contributed by atoms with Gasteiger partial charge in [-0.1, -0.05) is 11.6 Å². The molecule has 1 atom stereocenters. The molecule has 1 heterocycles. The summed E-state index contributed by atoms with van der Waals surface area (Å²) in [6, 6.07) is 9.22. The van der Waals surface area contributed by atoms with Crippen LogP contribution < -0.4 is 20.1 Å². The fourth-order valence-electron chi connectivity index (χ4n) is 2.33. The molecule has 0 aliphatic carbocycles. The zero-order valence-electron chi connectivity index (χ0n) is 13.0. The van der Waals surface area contributed by atoms with E-state index in [2.05, 4.69) is 5.32 Å². The Kier molecular flexibility index (Phi) is 4.87. The fraction of sp³-hybridized carbons (Fsp3) is 0.235. The molecule has 0 radical (unpaired) electrons. The van der Waals surface area contributed by atoms with Crippen molar-refractivity contribution in [3.63, 3.8) is 0 Å². The van der Waals surface area contributed by atoms with Crippen LogP contribution >= 0.6 is 11.6 Å². The Morgan fingerprint density at radius 3 is 2.88 bits per heavy atom. The van der Waals surface area contributed by atoms with Gasteiger partial charge in [0.15, 0.2) is 17.5 Å². The predicted octanol–water partition coefficient (Wildman–Crippen LogP) is 2.30. The van der Waals surface area contributed by atoms with Gasteiger partial charge in [-0.3, -0.25) is 4.79 Å². The van der Waals surface area contributed by atoms with Gasteiger partial charge in [0.25, 0.3) is 5.91 Å². The van der Waals surface area contributed by atoms with Crippen LogP contribution in [0.2, 0.25) is 5.02 Å². The molecule has 2 aromatic carbocycles. The van der Waals surface area contributed by atoms with E-state index in [4.69, 9.17) is 21.1 Å². The zero-order valence-corrected chi connectivity index (χ0v) is 13.8. The van der Waals surface area contributed by atoms with E-state index >= 15 is 0 Å². The van der Waals surface area contributed by atoms with Gasteiger partial charge in [-0.05, 0) is 43.3 Å². The van der Waals surface area contributed by atoms with E-state index in [1.165, 1.54) is 12.1 Å². The summed E-state index contributed by atoms with van der Waals surface area (Å²) in [5.41, 5.74) is 1.42. The van der Waals surface area contributed by atoms with Crippen molar-refractivity contribution < 1.29 is 24.0 Å². The molecule has 7 heteroatoms. The molecule has 2 aromatic rings. The van der Waals surface area contributed by atoms with E-state index in [0.29, 0.717) is 12.2 Å². The van der Waals surface area contributed by atoms with Crippen LogP contribution in [0, 0.1) is 5.82 Å². The molecule has 1 amide bonds. The van der Waals surface area contributed by atoms with Gasteiger partial charge in [-0.15, -0.1) is 0 Å². The maximum absolute atomic E-state index is 13.0. The third kappa shape index (κ3) is 3.77. The van der Waals surface area contributed by atoms with Crippen LogP contribution in [-0.2, 0) is 11.3 Å². The van der Waals surface area contributed by atoms with Gasteiger partial charge in [0.2, 0.25) is 6.79 Å². The maximum atomic E-state index is 13.0. The number of hydrogen-bond donors (Lipinski definition) is 2. The summed E-state index contributed by atoms with van der Waals surface area (Å²) >= 11 is 5.91. The summed E-state index contributed by atoms with van der Waals surface area (Å²) in [7, 11) is 0. The second kappa shape index (κ2) is 7.07. The highest BCUT2D eigenvalue weighted by atomic mass is 35.5. The van der Waals surface area contributed by atoms with Gasteiger partial charge < -0.3 is 20.1 Å². The number of benzene rings is 2. The van der Waals surface area contributed by atoms with Crippen molar-refractivity contribution in [1.29, 1.82) is 0 Å². The van der Waals surface area contributed by atoms with E-state index in [1.807, 2.05) is 23.5 Å². The molecule has 0 saturated heterocycles. The first-order chi connectivity index (χ1) is 11.5. The monoisotopic (exact) mass is 351 g/mol. The predicted molar refractivity (Wildman–Crippen MR) is 87.7 cm³/mol.